The standard InChI is InChI=1S/C25H25ClN2O4S/c26-22-8-4-3-7-20(22)15-28(21-11-12-33(30,31)16-21)25(29)23-14-24(32-27-23)19-10-9-17-5-1-2-6-18(17)13-19/h3-4,7-10,13-14,21H,1-2,5-6,11-12,15-16H2/t21-/m0/s1. The number of carbonyl (C=O) groups is 1. The molecule has 3 aromatic rings. The Balaban J connectivity index is 1.43. The van der Waals surface area contributed by atoms with E-state index in [1.165, 1.54) is 24.0 Å². The van der Waals surface area contributed by atoms with Crippen molar-refractivity contribution < 1.29 is 17.7 Å². The van der Waals surface area contributed by atoms with Crippen molar-refractivity contribution in [1.82, 2.24) is 10.1 Å². The van der Waals surface area contributed by atoms with Gasteiger partial charge in [0, 0.05) is 29.2 Å². The molecule has 0 bridgehead atoms. The van der Waals surface area contributed by atoms with Crippen molar-refractivity contribution in [2.45, 2.75) is 44.7 Å². The van der Waals surface area contributed by atoms with E-state index in [1.807, 2.05) is 24.3 Å². The summed E-state index contributed by atoms with van der Waals surface area (Å²) in [4.78, 5) is 15.1. The minimum Gasteiger partial charge on any atom is -0.355 e. The lowest BCUT2D eigenvalue weighted by molar-refractivity contribution is 0.0670. The Morgan fingerprint density at radius 1 is 1.09 bits per heavy atom. The lowest BCUT2D eigenvalue weighted by atomic mass is 9.90. The normalized spacial score (nSPS) is 19.2. The molecule has 1 atom stereocenters. The summed E-state index contributed by atoms with van der Waals surface area (Å²) in [5, 5.41) is 4.58. The Hall–Kier alpha value is -2.64. The fourth-order valence-corrected chi connectivity index (χ4v) is 6.67. The van der Waals surface area contributed by atoms with E-state index in [2.05, 4.69) is 17.3 Å². The second-order valence-corrected chi connectivity index (χ2v) is 11.5. The predicted octanol–water partition coefficient (Wildman–Crippen LogP) is 4.70. The molecule has 33 heavy (non-hydrogen) atoms. The van der Waals surface area contributed by atoms with Crippen LogP contribution in [0.3, 0.4) is 0 Å². The first kappa shape index (κ1) is 22.2. The molecule has 1 aliphatic heterocycles. The molecule has 0 N–H and O–H groups in total. The average molecular weight is 485 g/mol. The Labute approximate surface area is 198 Å². The summed E-state index contributed by atoms with van der Waals surface area (Å²) in [7, 11) is -3.18. The number of rotatable bonds is 5. The lowest BCUT2D eigenvalue weighted by Gasteiger charge is -2.28. The smallest absolute Gasteiger partial charge is 0.276 e. The number of halogens is 1. The van der Waals surface area contributed by atoms with E-state index < -0.39 is 15.9 Å². The number of aryl methyl sites for hydroxylation is 2. The van der Waals surface area contributed by atoms with Gasteiger partial charge in [-0.05, 0) is 60.9 Å². The van der Waals surface area contributed by atoms with Gasteiger partial charge in [0.05, 0.1) is 11.5 Å². The molecule has 172 valence electrons. The molecule has 6 nitrogen and oxygen atoms in total. The fourth-order valence-electron chi connectivity index (χ4n) is 4.74. The van der Waals surface area contributed by atoms with E-state index in [0.29, 0.717) is 17.2 Å². The number of carbonyl (C=O) groups excluding carboxylic acids is 1. The van der Waals surface area contributed by atoms with Crippen molar-refractivity contribution >= 4 is 27.3 Å². The van der Waals surface area contributed by atoms with E-state index in [9.17, 15) is 13.2 Å². The number of hydrogen-bond donors (Lipinski definition) is 0. The van der Waals surface area contributed by atoms with Crippen LogP contribution < -0.4 is 0 Å². The Kier molecular flexibility index (Phi) is 6.01. The van der Waals surface area contributed by atoms with E-state index >= 15 is 0 Å². The molecule has 0 saturated carbocycles. The second kappa shape index (κ2) is 8.95. The molecule has 1 amide bonds. The SMILES string of the molecule is O=C(c1cc(-c2ccc3c(c2)CCCC3)on1)N(Cc1ccccc1Cl)[C@H]1CCS(=O)(=O)C1. The average Bonchev–Trinajstić information content (AvgIpc) is 3.44. The van der Waals surface area contributed by atoms with E-state index in [4.69, 9.17) is 16.1 Å². The molecule has 2 heterocycles. The number of amides is 1. The van der Waals surface area contributed by atoms with Gasteiger partial charge in [-0.1, -0.05) is 47.1 Å². The van der Waals surface area contributed by atoms with Crippen molar-refractivity contribution in [1.29, 1.82) is 0 Å². The maximum absolute atomic E-state index is 13.5. The maximum atomic E-state index is 13.5. The van der Waals surface area contributed by atoms with Crippen molar-refractivity contribution in [2.24, 2.45) is 0 Å². The van der Waals surface area contributed by atoms with Crippen LogP contribution in [0.1, 0.15) is 46.4 Å². The third-order valence-corrected chi connectivity index (χ3v) is 8.69. The highest BCUT2D eigenvalue weighted by Gasteiger charge is 2.36. The minimum atomic E-state index is -3.18. The largest absolute Gasteiger partial charge is 0.355 e. The first-order valence-corrected chi connectivity index (χ1v) is 13.4. The molecular weight excluding hydrogens is 460 g/mol. The van der Waals surface area contributed by atoms with Crippen LogP contribution in [0.25, 0.3) is 11.3 Å². The first-order chi connectivity index (χ1) is 15.9. The van der Waals surface area contributed by atoms with E-state index in [0.717, 1.165) is 24.0 Å². The zero-order valence-electron chi connectivity index (χ0n) is 18.2. The van der Waals surface area contributed by atoms with Gasteiger partial charge < -0.3 is 9.42 Å². The van der Waals surface area contributed by atoms with Crippen LogP contribution in [0, 0.1) is 0 Å². The second-order valence-electron chi connectivity index (χ2n) is 8.85. The van der Waals surface area contributed by atoms with Gasteiger partial charge in [0.1, 0.15) is 0 Å². The number of fused-ring (bicyclic) bond motifs is 1. The van der Waals surface area contributed by atoms with Crippen LogP contribution in [0.2, 0.25) is 5.02 Å². The predicted molar refractivity (Wildman–Crippen MR) is 127 cm³/mol. The molecule has 1 fully saturated rings. The number of sulfone groups is 1. The molecule has 8 heteroatoms. The quantitative estimate of drug-likeness (QED) is 0.524. The number of nitrogens with zero attached hydrogens (tertiary/aromatic N) is 2. The van der Waals surface area contributed by atoms with Gasteiger partial charge in [0.2, 0.25) is 0 Å². The number of hydrogen-bond acceptors (Lipinski definition) is 5. The number of benzene rings is 2. The fraction of sp³-hybridized carbons (Fsp3) is 0.360. The van der Waals surface area contributed by atoms with Crippen LogP contribution in [-0.2, 0) is 29.2 Å². The third-order valence-electron chi connectivity index (χ3n) is 6.57. The van der Waals surface area contributed by atoms with Gasteiger partial charge in [0.15, 0.2) is 21.3 Å². The highest BCUT2D eigenvalue weighted by molar-refractivity contribution is 7.91. The summed E-state index contributed by atoms with van der Waals surface area (Å²) in [6.45, 7) is 0.208. The third kappa shape index (κ3) is 4.70. The van der Waals surface area contributed by atoms with Gasteiger partial charge in [-0.3, -0.25) is 4.79 Å². The Bertz CT molecular complexity index is 1300. The summed E-state index contributed by atoms with van der Waals surface area (Å²) >= 11 is 6.33. The van der Waals surface area contributed by atoms with Crippen molar-refractivity contribution in [2.75, 3.05) is 11.5 Å². The van der Waals surface area contributed by atoms with Crippen LogP contribution in [0.15, 0.2) is 53.1 Å². The summed E-state index contributed by atoms with van der Waals surface area (Å²) in [6, 6.07) is 14.7. The summed E-state index contributed by atoms with van der Waals surface area (Å²) in [5.74, 6) is 0.190. The topological polar surface area (TPSA) is 80.5 Å². The van der Waals surface area contributed by atoms with E-state index in [-0.39, 0.29) is 29.7 Å². The molecule has 5 rings (SSSR count). The Morgan fingerprint density at radius 2 is 1.88 bits per heavy atom. The first-order valence-electron chi connectivity index (χ1n) is 11.2. The van der Waals surface area contributed by atoms with Gasteiger partial charge in [-0.25, -0.2) is 8.42 Å². The Morgan fingerprint density at radius 3 is 2.64 bits per heavy atom. The highest BCUT2D eigenvalue weighted by Crippen LogP contribution is 2.29. The lowest BCUT2D eigenvalue weighted by Crippen LogP contribution is -2.40. The summed E-state index contributed by atoms with van der Waals surface area (Å²) in [6.07, 6.45) is 4.93. The molecule has 0 unspecified atom stereocenters. The van der Waals surface area contributed by atoms with E-state index in [1.54, 1.807) is 17.0 Å². The zero-order valence-corrected chi connectivity index (χ0v) is 19.7. The van der Waals surface area contributed by atoms with Crippen LogP contribution in [0.4, 0.5) is 0 Å². The molecule has 2 aromatic carbocycles. The van der Waals surface area contributed by atoms with Crippen LogP contribution >= 0.6 is 11.6 Å². The molecule has 0 spiro atoms. The summed E-state index contributed by atoms with van der Waals surface area (Å²) in [5.41, 5.74) is 4.51. The molecule has 1 saturated heterocycles. The van der Waals surface area contributed by atoms with Gasteiger partial charge in [-0.15, -0.1) is 0 Å². The highest BCUT2D eigenvalue weighted by atomic mass is 35.5. The van der Waals surface area contributed by atoms with Gasteiger partial charge in [-0.2, -0.15) is 0 Å². The minimum absolute atomic E-state index is 0.0568. The van der Waals surface area contributed by atoms with Crippen molar-refractivity contribution in [3.8, 4) is 11.3 Å². The number of aromatic nitrogens is 1. The zero-order chi connectivity index (χ0) is 23.0. The molecule has 1 aromatic heterocycles. The molecule has 1 aliphatic carbocycles. The monoisotopic (exact) mass is 484 g/mol. The molecule has 0 radical (unpaired) electrons. The van der Waals surface area contributed by atoms with Crippen molar-refractivity contribution in [3.63, 3.8) is 0 Å². The van der Waals surface area contributed by atoms with Gasteiger partial charge in [0.25, 0.3) is 5.91 Å². The molecule has 2 aliphatic rings. The van der Waals surface area contributed by atoms with Crippen molar-refractivity contribution in [3.05, 3.63) is 75.9 Å². The van der Waals surface area contributed by atoms with Crippen LogP contribution in [-0.4, -0.2) is 41.9 Å². The maximum Gasteiger partial charge on any atom is 0.276 e. The molecular formula is C25H25ClN2O4S. The summed E-state index contributed by atoms with van der Waals surface area (Å²) < 4.78 is 29.8. The van der Waals surface area contributed by atoms with Crippen LogP contribution in [0.5, 0.6) is 0 Å². The van der Waals surface area contributed by atoms with Gasteiger partial charge >= 0.3 is 0 Å².